The maximum atomic E-state index is 12.2. The molecule has 1 aromatic heterocycles. The fourth-order valence-electron chi connectivity index (χ4n) is 1.36. The monoisotopic (exact) mass is 235 g/mol. The second-order valence-corrected chi connectivity index (χ2v) is 3.77. The molecule has 0 spiro atoms. The third kappa shape index (κ3) is 3.84. The number of rotatable bonds is 5. The average Bonchev–Trinajstić information content (AvgIpc) is 2.65. The smallest absolute Gasteiger partial charge is 0.328 e. The van der Waals surface area contributed by atoms with Crippen molar-refractivity contribution in [3.63, 3.8) is 0 Å². The van der Waals surface area contributed by atoms with Gasteiger partial charge in [0.2, 0.25) is 0 Å². The molecular weight excluding hydrogens is 219 g/mol. The summed E-state index contributed by atoms with van der Waals surface area (Å²) in [6, 6.07) is 1.11. The topological polar surface area (TPSA) is 43.8 Å². The van der Waals surface area contributed by atoms with Gasteiger partial charge in [-0.2, -0.15) is 18.3 Å². The fraction of sp³-hybridized carbons (Fsp3) is 0.700. The lowest BCUT2D eigenvalue weighted by Crippen LogP contribution is -2.19. The molecule has 2 N–H and O–H groups in total. The normalized spacial score (nSPS) is 14.1. The summed E-state index contributed by atoms with van der Waals surface area (Å²) < 4.78 is 37.9. The zero-order valence-electron chi connectivity index (χ0n) is 9.17. The molecule has 0 aliphatic rings. The van der Waals surface area contributed by atoms with Crippen molar-refractivity contribution in [3.05, 3.63) is 18.0 Å². The molecule has 0 saturated heterocycles. The Morgan fingerprint density at radius 1 is 1.50 bits per heavy atom. The van der Waals surface area contributed by atoms with E-state index in [1.165, 1.54) is 10.9 Å². The molecule has 1 aromatic rings. The van der Waals surface area contributed by atoms with E-state index in [9.17, 15) is 13.2 Å². The van der Waals surface area contributed by atoms with Gasteiger partial charge in [0.1, 0.15) is 0 Å². The third-order valence-corrected chi connectivity index (χ3v) is 2.42. The number of aryl methyl sites for hydroxylation is 1. The van der Waals surface area contributed by atoms with Crippen LogP contribution in [-0.4, -0.2) is 15.8 Å². The number of alkyl halides is 3. The van der Waals surface area contributed by atoms with Gasteiger partial charge in [-0.15, -0.1) is 0 Å². The fourth-order valence-corrected chi connectivity index (χ4v) is 1.36. The van der Waals surface area contributed by atoms with E-state index < -0.39 is 11.9 Å². The number of nitrogens with two attached hydrogens (primary N) is 1. The van der Waals surface area contributed by atoms with Crippen LogP contribution < -0.4 is 5.73 Å². The van der Waals surface area contributed by atoms with Crippen molar-refractivity contribution in [2.45, 2.75) is 44.9 Å². The van der Waals surface area contributed by atoms with Crippen LogP contribution in [0.3, 0.4) is 0 Å². The van der Waals surface area contributed by atoms with Crippen LogP contribution in [0.25, 0.3) is 0 Å². The Hall–Kier alpha value is -1.04. The number of halogens is 3. The summed E-state index contributed by atoms with van der Waals surface area (Å²) in [6.07, 6.45) is -0.579. The molecule has 0 aliphatic heterocycles. The number of hydrogen-bond acceptors (Lipinski definition) is 2. The van der Waals surface area contributed by atoms with Crippen molar-refractivity contribution in [2.75, 3.05) is 0 Å². The Morgan fingerprint density at radius 3 is 2.69 bits per heavy atom. The highest BCUT2D eigenvalue weighted by molar-refractivity contribution is 5.03. The van der Waals surface area contributed by atoms with Gasteiger partial charge in [0.15, 0.2) is 5.69 Å². The van der Waals surface area contributed by atoms with E-state index in [2.05, 4.69) is 5.10 Å². The molecule has 1 heterocycles. The van der Waals surface area contributed by atoms with Crippen LogP contribution in [0.5, 0.6) is 0 Å². The minimum atomic E-state index is -4.36. The number of nitrogens with zero attached hydrogens (tertiary/aromatic N) is 2. The molecule has 1 rings (SSSR count). The molecule has 0 radical (unpaired) electrons. The Morgan fingerprint density at radius 2 is 2.19 bits per heavy atom. The molecule has 0 fully saturated rings. The van der Waals surface area contributed by atoms with Gasteiger partial charge in [-0.1, -0.05) is 6.92 Å². The van der Waals surface area contributed by atoms with E-state index in [0.29, 0.717) is 6.54 Å². The lowest BCUT2D eigenvalue weighted by Gasteiger charge is -2.08. The molecule has 0 aliphatic carbocycles. The highest BCUT2D eigenvalue weighted by atomic mass is 19.4. The van der Waals surface area contributed by atoms with Crippen molar-refractivity contribution in [1.82, 2.24) is 9.78 Å². The first-order valence-electron chi connectivity index (χ1n) is 5.29. The van der Waals surface area contributed by atoms with E-state index in [0.717, 1.165) is 25.3 Å². The zero-order chi connectivity index (χ0) is 12.2. The van der Waals surface area contributed by atoms with E-state index in [1.54, 1.807) is 0 Å². The van der Waals surface area contributed by atoms with Crippen LogP contribution in [0.2, 0.25) is 0 Å². The maximum Gasteiger partial charge on any atom is 0.435 e. The highest BCUT2D eigenvalue weighted by Gasteiger charge is 2.33. The third-order valence-electron chi connectivity index (χ3n) is 2.42. The minimum Gasteiger partial charge on any atom is -0.328 e. The summed E-state index contributed by atoms with van der Waals surface area (Å²) in [6.45, 7) is 2.46. The van der Waals surface area contributed by atoms with Gasteiger partial charge in [-0.05, 0) is 25.3 Å². The lowest BCUT2D eigenvalue weighted by molar-refractivity contribution is -0.141. The van der Waals surface area contributed by atoms with E-state index in [-0.39, 0.29) is 6.04 Å². The van der Waals surface area contributed by atoms with E-state index in [4.69, 9.17) is 5.73 Å². The first kappa shape index (κ1) is 13.0. The van der Waals surface area contributed by atoms with Crippen LogP contribution >= 0.6 is 0 Å². The van der Waals surface area contributed by atoms with E-state index >= 15 is 0 Å². The molecule has 3 nitrogen and oxygen atoms in total. The first-order valence-corrected chi connectivity index (χ1v) is 5.29. The standard InChI is InChI=1S/C10H16F3N3/c1-2-8(14)4-3-6-16-7-5-9(15-16)10(11,12)13/h5,7-8H,2-4,6,14H2,1H3. The lowest BCUT2D eigenvalue weighted by atomic mass is 10.1. The zero-order valence-corrected chi connectivity index (χ0v) is 9.17. The summed E-state index contributed by atoms with van der Waals surface area (Å²) in [7, 11) is 0. The van der Waals surface area contributed by atoms with Gasteiger partial charge in [-0.3, -0.25) is 4.68 Å². The van der Waals surface area contributed by atoms with Crippen LogP contribution in [-0.2, 0) is 12.7 Å². The van der Waals surface area contributed by atoms with Gasteiger partial charge in [0, 0.05) is 18.8 Å². The minimum absolute atomic E-state index is 0.123. The predicted octanol–water partition coefficient (Wildman–Crippen LogP) is 2.42. The molecule has 0 saturated carbocycles. The molecule has 1 atom stereocenters. The SMILES string of the molecule is CCC(N)CCCn1ccc(C(F)(F)F)n1. The average molecular weight is 235 g/mol. The summed E-state index contributed by atoms with van der Waals surface area (Å²) >= 11 is 0. The molecular formula is C10H16F3N3. The summed E-state index contributed by atoms with van der Waals surface area (Å²) in [5.41, 5.74) is 4.86. The van der Waals surface area contributed by atoms with Gasteiger partial charge in [0.25, 0.3) is 0 Å². The predicted molar refractivity (Wildman–Crippen MR) is 54.7 cm³/mol. The van der Waals surface area contributed by atoms with Crippen LogP contribution in [0.1, 0.15) is 31.9 Å². The maximum absolute atomic E-state index is 12.2. The molecule has 1 unspecified atom stereocenters. The molecule has 0 amide bonds. The summed E-state index contributed by atoms with van der Waals surface area (Å²) in [5, 5.41) is 3.46. The summed E-state index contributed by atoms with van der Waals surface area (Å²) in [4.78, 5) is 0. The van der Waals surface area contributed by atoms with Crippen molar-refractivity contribution < 1.29 is 13.2 Å². The molecule has 92 valence electrons. The Bertz CT molecular complexity index is 319. The van der Waals surface area contributed by atoms with Crippen molar-refractivity contribution in [2.24, 2.45) is 5.73 Å². The molecule has 6 heteroatoms. The van der Waals surface area contributed by atoms with E-state index in [1.807, 2.05) is 6.92 Å². The van der Waals surface area contributed by atoms with Crippen LogP contribution in [0, 0.1) is 0 Å². The number of aromatic nitrogens is 2. The van der Waals surface area contributed by atoms with Crippen molar-refractivity contribution >= 4 is 0 Å². The van der Waals surface area contributed by atoms with Crippen molar-refractivity contribution in [1.29, 1.82) is 0 Å². The Balaban J connectivity index is 2.41. The quantitative estimate of drug-likeness (QED) is 0.851. The number of hydrogen-bond donors (Lipinski definition) is 1. The Kier molecular flexibility index (Phi) is 4.35. The van der Waals surface area contributed by atoms with Crippen LogP contribution in [0.4, 0.5) is 13.2 Å². The molecule has 0 bridgehead atoms. The van der Waals surface area contributed by atoms with Gasteiger partial charge in [0.05, 0.1) is 0 Å². The summed E-state index contributed by atoms with van der Waals surface area (Å²) in [5.74, 6) is 0. The Labute approximate surface area is 92.4 Å². The largest absolute Gasteiger partial charge is 0.435 e. The first-order chi connectivity index (χ1) is 7.43. The molecule has 0 aromatic carbocycles. The van der Waals surface area contributed by atoms with Crippen molar-refractivity contribution in [3.8, 4) is 0 Å². The van der Waals surface area contributed by atoms with Gasteiger partial charge < -0.3 is 5.73 Å². The second kappa shape index (κ2) is 5.34. The highest BCUT2D eigenvalue weighted by Crippen LogP contribution is 2.27. The second-order valence-electron chi connectivity index (χ2n) is 3.77. The van der Waals surface area contributed by atoms with Crippen LogP contribution in [0.15, 0.2) is 12.3 Å². The van der Waals surface area contributed by atoms with Gasteiger partial charge in [-0.25, -0.2) is 0 Å². The molecule has 16 heavy (non-hydrogen) atoms. The van der Waals surface area contributed by atoms with Gasteiger partial charge >= 0.3 is 6.18 Å².